The van der Waals surface area contributed by atoms with Gasteiger partial charge in [0.2, 0.25) is 11.9 Å². The molecule has 0 bridgehead atoms. The van der Waals surface area contributed by atoms with Crippen LogP contribution >= 0.6 is 0 Å². The fraction of sp³-hybridized carbons (Fsp3) is 0.111. The third kappa shape index (κ3) is 2.99. The number of hydrogen-bond acceptors (Lipinski definition) is 4. The molecule has 0 saturated heterocycles. The summed E-state index contributed by atoms with van der Waals surface area (Å²) in [5, 5.41) is 8.22. The minimum Gasteiger partial charge on any atom is -0.324 e. The van der Waals surface area contributed by atoms with Crippen molar-refractivity contribution < 1.29 is 9.59 Å². The van der Waals surface area contributed by atoms with Gasteiger partial charge < -0.3 is 4.98 Å². The van der Waals surface area contributed by atoms with Crippen molar-refractivity contribution in [3.05, 3.63) is 54.6 Å². The summed E-state index contributed by atoms with van der Waals surface area (Å²) < 4.78 is 0. The number of nitrogens with zero attached hydrogens (tertiary/aromatic N) is 3. The van der Waals surface area contributed by atoms with Crippen LogP contribution in [0, 0.1) is 0 Å². The number of fused-ring (bicyclic) bond motifs is 1. The molecular weight excluding hydrogens is 318 g/mol. The predicted octanol–water partition coefficient (Wildman–Crippen LogP) is 2.68. The van der Waals surface area contributed by atoms with Crippen molar-refractivity contribution in [2.45, 2.75) is 12.8 Å². The summed E-state index contributed by atoms with van der Waals surface area (Å²) in [6, 6.07) is 16.6. The molecule has 3 aromatic rings. The topological polar surface area (TPSA) is 90.4 Å². The van der Waals surface area contributed by atoms with Crippen LogP contribution in [0.1, 0.15) is 12.8 Å². The first-order chi connectivity index (χ1) is 12.2. The molecule has 1 aliphatic heterocycles. The molecule has 2 aromatic carbocycles. The molecule has 7 nitrogen and oxygen atoms in total. The number of aromatic amines is 1. The lowest BCUT2D eigenvalue weighted by molar-refractivity contribution is -0.118. The Bertz CT molecular complexity index is 944. The number of rotatable bonds is 3. The van der Waals surface area contributed by atoms with Gasteiger partial charge in [0.15, 0.2) is 0 Å². The summed E-state index contributed by atoms with van der Waals surface area (Å²) in [6.45, 7) is 0. The van der Waals surface area contributed by atoms with Crippen molar-refractivity contribution in [3.8, 4) is 0 Å². The van der Waals surface area contributed by atoms with Gasteiger partial charge in [-0.2, -0.15) is 5.10 Å². The third-order valence-electron chi connectivity index (χ3n) is 3.92. The second-order valence-corrected chi connectivity index (χ2v) is 5.64. The monoisotopic (exact) mass is 333 g/mol. The minimum absolute atomic E-state index is 0.133. The van der Waals surface area contributed by atoms with E-state index in [1.165, 1.54) is 5.01 Å². The van der Waals surface area contributed by atoms with E-state index >= 15 is 0 Å². The van der Waals surface area contributed by atoms with Gasteiger partial charge in [0.1, 0.15) is 5.71 Å². The zero-order chi connectivity index (χ0) is 17.2. The maximum absolute atomic E-state index is 12.5. The smallest absolute Gasteiger partial charge is 0.274 e. The highest BCUT2D eigenvalue weighted by molar-refractivity contribution is 6.44. The van der Waals surface area contributed by atoms with Crippen LogP contribution in [0.5, 0.6) is 0 Å². The molecule has 7 heteroatoms. The number of hydrogen-bond donors (Lipinski definition) is 2. The van der Waals surface area contributed by atoms with E-state index in [4.69, 9.17) is 0 Å². The van der Waals surface area contributed by atoms with Gasteiger partial charge in [0.05, 0.1) is 16.7 Å². The van der Waals surface area contributed by atoms with Gasteiger partial charge >= 0.3 is 0 Å². The van der Waals surface area contributed by atoms with Gasteiger partial charge in [0, 0.05) is 12.8 Å². The van der Waals surface area contributed by atoms with Crippen LogP contribution in [0.3, 0.4) is 0 Å². The number of carbonyl (C=O) groups is 2. The van der Waals surface area contributed by atoms with Crippen LogP contribution in [0.25, 0.3) is 11.0 Å². The van der Waals surface area contributed by atoms with E-state index in [0.29, 0.717) is 23.8 Å². The van der Waals surface area contributed by atoms with Crippen molar-refractivity contribution in [3.63, 3.8) is 0 Å². The number of benzene rings is 2. The third-order valence-corrected chi connectivity index (χ3v) is 3.92. The number of hydrazone groups is 1. The highest BCUT2D eigenvalue weighted by Gasteiger charge is 2.25. The van der Waals surface area contributed by atoms with Gasteiger partial charge in [-0.25, -0.2) is 9.99 Å². The largest absolute Gasteiger partial charge is 0.324 e. The van der Waals surface area contributed by atoms with Crippen molar-refractivity contribution >= 4 is 40.2 Å². The second-order valence-electron chi connectivity index (χ2n) is 5.64. The van der Waals surface area contributed by atoms with Crippen molar-refractivity contribution in [2.24, 2.45) is 5.10 Å². The second kappa shape index (κ2) is 6.20. The van der Waals surface area contributed by atoms with Crippen LogP contribution in [0.2, 0.25) is 0 Å². The lowest BCUT2D eigenvalue weighted by Gasteiger charge is -2.22. The Labute approximate surface area is 143 Å². The normalized spacial score (nSPS) is 14.5. The molecule has 4 rings (SSSR count). The lowest BCUT2D eigenvalue weighted by atomic mass is 10.1. The maximum Gasteiger partial charge on any atom is 0.274 e. The van der Waals surface area contributed by atoms with Crippen LogP contribution in [-0.4, -0.2) is 27.5 Å². The zero-order valence-corrected chi connectivity index (χ0v) is 13.3. The van der Waals surface area contributed by atoms with Crippen molar-refractivity contribution in [1.29, 1.82) is 0 Å². The van der Waals surface area contributed by atoms with E-state index < -0.39 is 0 Å². The fourth-order valence-corrected chi connectivity index (χ4v) is 2.68. The molecule has 124 valence electrons. The summed E-state index contributed by atoms with van der Waals surface area (Å²) in [5.41, 5.74) is 2.54. The van der Waals surface area contributed by atoms with Crippen LogP contribution in [0.15, 0.2) is 59.7 Å². The summed E-state index contributed by atoms with van der Waals surface area (Å²) in [7, 11) is 0. The first-order valence-electron chi connectivity index (χ1n) is 7.92. The van der Waals surface area contributed by atoms with Crippen molar-refractivity contribution in [1.82, 2.24) is 9.97 Å². The summed E-state index contributed by atoms with van der Waals surface area (Å²) in [4.78, 5) is 32.0. The van der Waals surface area contributed by atoms with Crippen molar-refractivity contribution in [2.75, 3.05) is 10.3 Å². The highest BCUT2D eigenvalue weighted by atomic mass is 16.2. The molecule has 25 heavy (non-hydrogen) atoms. The highest BCUT2D eigenvalue weighted by Crippen LogP contribution is 2.20. The van der Waals surface area contributed by atoms with E-state index in [2.05, 4.69) is 20.4 Å². The van der Waals surface area contributed by atoms with Crippen LogP contribution in [0.4, 0.5) is 11.6 Å². The lowest BCUT2D eigenvalue weighted by Crippen LogP contribution is -2.36. The molecular formula is C18H15N5O2. The number of nitrogens with one attached hydrogen (secondary N) is 2. The number of H-pyrrole nitrogens is 1. The minimum atomic E-state index is -0.368. The standard InChI is InChI=1S/C18H15N5O2/c24-16-11-10-15(22-23(16)12-6-2-1-3-7-12)17(25)21-18-19-13-8-4-5-9-14(13)20-18/h1-9H,10-11H2,(H2,19,20,21,25). The fourth-order valence-electron chi connectivity index (χ4n) is 2.68. The Hall–Kier alpha value is -3.48. The van der Waals surface area contributed by atoms with Gasteiger partial charge in [-0.05, 0) is 24.3 Å². The van der Waals surface area contributed by atoms with Gasteiger partial charge in [-0.1, -0.05) is 30.3 Å². The quantitative estimate of drug-likeness (QED) is 0.772. The Morgan fingerprint density at radius 1 is 1.04 bits per heavy atom. The Kier molecular flexibility index (Phi) is 3.74. The molecule has 2 N–H and O–H groups in total. The SMILES string of the molecule is O=C(Nc1nc2ccccc2[nH]1)C1=NN(c2ccccc2)C(=O)CC1. The molecule has 0 radical (unpaired) electrons. The molecule has 0 fully saturated rings. The van der Waals surface area contributed by atoms with Gasteiger partial charge in [-0.15, -0.1) is 0 Å². The first-order valence-corrected chi connectivity index (χ1v) is 7.92. The molecule has 0 unspecified atom stereocenters. The molecule has 1 aromatic heterocycles. The molecule has 0 spiro atoms. The summed E-state index contributed by atoms with van der Waals surface area (Å²) in [5.74, 6) is -0.143. The Morgan fingerprint density at radius 3 is 2.60 bits per heavy atom. The van der Waals surface area contributed by atoms with Gasteiger partial charge in [0.25, 0.3) is 5.91 Å². The molecule has 2 heterocycles. The van der Waals surface area contributed by atoms with E-state index in [-0.39, 0.29) is 18.2 Å². The number of imidazole rings is 1. The summed E-state index contributed by atoms with van der Waals surface area (Å²) in [6.07, 6.45) is 0.537. The van der Waals surface area contributed by atoms with E-state index in [0.717, 1.165) is 11.0 Å². The molecule has 0 atom stereocenters. The van der Waals surface area contributed by atoms with Gasteiger partial charge in [-0.3, -0.25) is 14.9 Å². The zero-order valence-electron chi connectivity index (χ0n) is 13.3. The average Bonchev–Trinajstić information content (AvgIpc) is 3.05. The van der Waals surface area contributed by atoms with Crippen LogP contribution in [-0.2, 0) is 9.59 Å². The number of anilines is 2. The molecule has 0 saturated carbocycles. The predicted molar refractivity (Wildman–Crippen MR) is 95.3 cm³/mol. The first kappa shape index (κ1) is 15.1. The van der Waals surface area contributed by atoms with E-state index in [9.17, 15) is 9.59 Å². The average molecular weight is 333 g/mol. The number of amides is 2. The van der Waals surface area contributed by atoms with E-state index in [1.807, 2.05) is 42.5 Å². The van der Waals surface area contributed by atoms with Crippen LogP contribution < -0.4 is 10.3 Å². The van der Waals surface area contributed by atoms with E-state index in [1.54, 1.807) is 12.1 Å². The Balaban J connectivity index is 1.57. The number of aromatic nitrogens is 2. The number of para-hydroxylation sites is 3. The molecule has 0 aliphatic carbocycles. The summed E-state index contributed by atoms with van der Waals surface area (Å²) >= 11 is 0. The number of carbonyl (C=O) groups excluding carboxylic acids is 2. The molecule has 2 amide bonds. The Morgan fingerprint density at radius 2 is 1.80 bits per heavy atom. The maximum atomic E-state index is 12.5. The molecule has 1 aliphatic rings.